The van der Waals surface area contributed by atoms with Gasteiger partial charge < -0.3 is 25.8 Å². The van der Waals surface area contributed by atoms with Gasteiger partial charge in [0.2, 0.25) is 5.91 Å². The molecule has 0 heterocycles. The van der Waals surface area contributed by atoms with E-state index in [0.29, 0.717) is 19.5 Å². The van der Waals surface area contributed by atoms with E-state index >= 15 is 0 Å². The monoisotopic (exact) mass is 365 g/mol. The molecular weight excluding hydrogens is 338 g/mol. The zero-order valence-corrected chi connectivity index (χ0v) is 15.4. The number of carbonyl (C=O) groups is 3. The number of rotatable bonds is 8. The molecule has 8 heteroatoms. The van der Waals surface area contributed by atoms with Crippen LogP contribution in [0.1, 0.15) is 44.0 Å². The summed E-state index contributed by atoms with van der Waals surface area (Å²) in [6.07, 6.45) is 0.130. The number of phenolic OH excluding ortho intramolecular Hbond substituents is 1. The van der Waals surface area contributed by atoms with Gasteiger partial charge in [0.05, 0.1) is 5.56 Å². The first-order chi connectivity index (χ1) is 12.2. The maximum Gasteiger partial charge on any atom is 0.407 e. The Kier molecular flexibility index (Phi) is 8.41. The van der Waals surface area contributed by atoms with Gasteiger partial charge in [-0.05, 0) is 39.3 Å². The summed E-state index contributed by atoms with van der Waals surface area (Å²) in [5.74, 6) is -0.639. The van der Waals surface area contributed by atoms with Crippen LogP contribution in [-0.2, 0) is 9.53 Å². The topological polar surface area (TPSA) is 117 Å². The predicted octanol–water partition coefficient (Wildman–Crippen LogP) is 1.54. The van der Waals surface area contributed by atoms with Gasteiger partial charge in [-0.3, -0.25) is 9.59 Å². The van der Waals surface area contributed by atoms with Crippen molar-refractivity contribution in [2.75, 3.05) is 19.6 Å². The van der Waals surface area contributed by atoms with E-state index in [4.69, 9.17) is 4.74 Å². The summed E-state index contributed by atoms with van der Waals surface area (Å²) >= 11 is 0. The Balaban J connectivity index is 2.11. The van der Waals surface area contributed by atoms with E-state index in [1.807, 2.05) is 0 Å². The summed E-state index contributed by atoms with van der Waals surface area (Å²) in [5, 5.41) is 17.5. The number of aromatic hydroxyl groups is 1. The third-order valence-corrected chi connectivity index (χ3v) is 3.13. The van der Waals surface area contributed by atoms with Gasteiger partial charge in [0.25, 0.3) is 5.91 Å². The average molecular weight is 365 g/mol. The summed E-state index contributed by atoms with van der Waals surface area (Å²) in [6.45, 7) is 6.23. The highest BCUT2D eigenvalue weighted by Crippen LogP contribution is 2.14. The Morgan fingerprint density at radius 1 is 1.00 bits per heavy atom. The van der Waals surface area contributed by atoms with E-state index < -0.39 is 11.7 Å². The molecule has 0 atom stereocenters. The van der Waals surface area contributed by atoms with Crippen molar-refractivity contribution in [3.63, 3.8) is 0 Å². The number of hydrogen-bond acceptors (Lipinski definition) is 5. The van der Waals surface area contributed by atoms with Crippen LogP contribution in [-0.4, -0.2) is 48.2 Å². The molecule has 1 aromatic rings. The van der Waals surface area contributed by atoms with Crippen LogP contribution in [0.25, 0.3) is 0 Å². The molecule has 0 saturated heterocycles. The molecule has 0 aromatic heterocycles. The molecule has 0 spiro atoms. The summed E-state index contributed by atoms with van der Waals surface area (Å²) in [7, 11) is 0. The second kappa shape index (κ2) is 10.3. The fourth-order valence-corrected chi connectivity index (χ4v) is 1.96. The van der Waals surface area contributed by atoms with Gasteiger partial charge in [0, 0.05) is 26.1 Å². The summed E-state index contributed by atoms with van der Waals surface area (Å²) < 4.78 is 5.06. The lowest BCUT2D eigenvalue weighted by Crippen LogP contribution is -2.35. The second-order valence-corrected chi connectivity index (χ2v) is 6.66. The molecule has 0 radical (unpaired) electrons. The Hall–Kier alpha value is -2.77. The number of benzene rings is 1. The van der Waals surface area contributed by atoms with Crippen LogP contribution in [0.4, 0.5) is 4.79 Å². The smallest absolute Gasteiger partial charge is 0.407 e. The quantitative estimate of drug-likeness (QED) is 0.522. The molecule has 1 aromatic carbocycles. The van der Waals surface area contributed by atoms with Crippen LogP contribution < -0.4 is 16.0 Å². The summed E-state index contributed by atoms with van der Waals surface area (Å²) in [4.78, 5) is 34.9. The van der Waals surface area contributed by atoms with E-state index in [1.54, 1.807) is 32.9 Å². The maximum atomic E-state index is 11.9. The van der Waals surface area contributed by atoms with Gasteiger partial charge in [0.1, 0.15) is 11.4 Å². The van der Waals surface area contributed by atoms with Crippen molar-refractivity contribution in [2.24, 2.45) is 0 Å². The fraction of sp³-hybridized carbons (Fsp3) is 0.500. The lowest BCUT2D eigenvalue weighted by molar-refractivity contribution is -0.120. The van der Waals surface area contributed by atoms with Crippen LogP contribution in [0.2, 0.25) is 0 Å². The zero-order chi connectivity index (χ0) is 19.6. The van der Waals surface area contributed by atoms with Crippen molar-refractivity contribution >= 4 is 17.9 Å². The number of phenols is 1. The molecule has 0 aliphatic heterocycles. The minimum absolute atomic E-state index is 0.0733. The third kappa shape index (κ3) is 8.91. The van der Waals surface area contributed by atoms with Gasteiger partial charge in [0.15, 0.2) is 0 Å². The first-order valence-electron chi connectivity index (χ1n) is 8.49. The SMILES string of the molecule is CC(C)(C)OC(=O)NCCC(=O)NCCCNC(=O)c1ccccc1O. The first kappa shape index (κ1) is 21.3. The molecule has 3 amide bonds. The van der Waals surface area contributed by atoms with E-state index in [-0.39, 0.29) is 36.1 Å². The standard InChI is InChI=1S/C18H27N3O5/c1-18(2,3)26-17(25)21-12-9-15(23)19-10-6-11-20-16(24)13-7-4-5-8-14(13)22/h4-5,7-8,22H,6,9-12H2,1-3H3,(H,19,23)(H,20,24)(H,21,25). The van der Waals surface area contributed by atoms with Crippen LogP contribution in [0, 0.1) is 0 Å². The second-order valence-electron chi connectivity index (χ2n) is 6.66. The molecule has 0 aliphatic carbocycles. The van der Waals surface area contributed by atoms with E-state index in [2.05, 4.69) is 16.0 Å². The number of nitrogens with one attached hydrogen (secondary N) is 3. The fourth-order valence-electron chi connectivity index (χ4n) is 1.96. The maximum absolute atomic E-state index is 11.9. The molecule has 1 rings (SSSR count). The highest BCUT2D eigenvalue weighted by molar-refractivity contribution is 5.96. The molecule has 0 saturated carbocycles. The molecule has 0 fully saturated rings. The Bertz CT molecular complexity index is 625. The Morgan fingerprint density at radius 2 is 1.65 bits per heavy atom. The highest BCUT2D eigenvalue weighted by atomic mass is 16.6. The van der Waals surface area contributed by atoms with E-state index in [9.17, 15) is 19.5 Å². The van der Waals surface area contributed by atoms with Crippen LogP contribution in [0.5, 0.6) is 5.75 Å². The van der Waals surface area contributed by atoms with E-state index in [0.717, 1.165) is 0 Å². The number of alkyl carbamates (subject to hydrolysis) is 1. The van der Waals surface area contributed by atoms with Crippen LogP contribution in [0.3, 0.4) is 0 Å². The Labute approximate surface area is 153 Å². The molecule has 0 unspecified atom stereocenters. The number of hydrogen-bond donors (Lipinski definition) is 4. The minimum atomic E-state index is -0.576. The minimum Gasteiger partial charge on any atom is -0.507 e. The normalized spacial score (nSPS) is 10.7. The van der Waals surface area contributed by atoms with Crippen molar-refractivity contribution < 1.29 is 24.2 Å². The number of amides is 3. The molecular formula is C18H27N3O5. The summed E-state index contributed by atoms with van der Waals surface area (Å²) in [6, 6.07) is 6.28. The first-order valence-corrected chi connectivity index (χ1v) is 8.49. The van der Waals surface area contributed by atoms with E-state index in [1.165, 1.54) is 12.1 Å². The molecule has 0 bridgehead atoms. The molecule has 26 heavy (non-hydrogen) atoms. The average Bonchev–Trinajstić information content (AvgIpc) is 2.53. The van der Waals surface area contributed by atoms with Crippen molar-refractivity contribution in [3.05, 3.63) is 29.8 Å². The molecule has 4 N–H and O–H groups in total. The molecule has 8 nitrogen and oxygen atoms in total. The zero-order valence-electron chi connectivity index (χ0n) is 15.4. The molecule has 144 valence electrons. The summed E-state index contributed by atoms with van der Waals surface area (Å²) in [5.41, 5.74) is -0.363. The van der Waals surface area contributed by atoms with Crippen molar-refractivity contribution in [1.82, 2.24) is 16.0 Å². The third-order valence-electron chi connectivity index (χ3n) is 3.13. The van der Waals surface area contributed by atoms with Crippen molar-refractivity contribution in [1.29, 1.82) is 0 Å². The lowest BCUT2D eigenvalue weighted by Gasteiger charge is -2.19. The number of ether oxygens (including phenoxy) is 1. The predicted molar refractivity (Wildman–Crippen MR) is 96.9 cm³/mol. The largest absolute Gasteiger partial charge is 0.507 e. The van der Waals surface area contributed by atoms with Crippen molar-refractivity contribution in [2.45, 2.75) is 39.2 Å². The van der Waals surface area contributed by atoms with Gasteiger partial charge in [-0.15, -0.1) is 0 Å². The lowest BCUT2D eigenvalue weighted by atomic mass is 10.2. The Morgan fingerprint density at radius 3 is 2.31 bits per heavy atom. The highest BCUT2D eigenvalue weighted by Gasteiger charge is 2.15. The van der Waals surface area contributed by atoms with Gasteiger partial charge in [-0.2, -0.15) is 0 Å². The van der Waals surface area contributed by atoms with Crippen LogP contribution in [0.15, 0.2) is 24.3 Å². The molecule has 0 aliphatic rings. The van der Waals surface area contributed by atoms with Gasteiger partial charge in [-0.1, -0.05) is 12.1 Å². The van der Waals surface area contributed by atoms with Crippen molar-refractivity contribution in [3.8, 4) is 5.75 Å². The van der Waals surface area contributed by atoms with Crippen LogP contribution >= 0.6 is 0 Å². The van der Waals surface area contributed by atoms with Gasteiger partial charge >= 0.3 is 6.09 Å². The number of carbonyl (C=O) groups excluding carboxylic acids is 3. The number of para-hydroxylation sites is 1. The van der Waals surface area contributed by atoms with Gasteiger partial charge in [-0.25, -0.2) is 4.79 Å².